The van der Waals surface area contributed by atoms with Crippen molar-refractivity contribution in [2.24, 2.45) is 5.16 Å². The summed E-state index contributed by atoms with van der Waals surface area (Å²) in [6, 6.07) is 4.51. The molecule has 102 valence electrons. The van der Waals surface area contributed by atoms with E-state index in [1.54, 1.807) is 0 Å². The van der Waals surface area contributed by atoms with Gasteiger partial charge in [0, 0.05) is 11.1 Å². The van der Waals surface area contributed by atoms with Gasteiger partial charge in [0.1, 0.15) is 11.8 Å². The number of hydroxylamine groups is 2. The van der Waals surface area contributed by atoms with Gasteiger partial charge in [-0.2, -0.15) is 0 Å². The van der Waals surface area contributed by atoms with Gasteiger partial charge in [-0.1, -0.05) is 17.3 Å². The lowest BCUT2D eigenvalue weighted by Crippen LogP contribution is -2.43. The molecule has 0 saturated heterocycles. The maximum absolute atomic E-state index is 12.1. The van der Waals surface area contributed by atoms with E-state index in [0.29, 0.717) is 5.56 Å². The van der Waals surface area contributed by atoms with Crippen molar-refractivity contribution in [1.29, 1.82) is 0 Å². The molecule has 0 fully saturated rings. The minimum atomic E-state index is -1.27. The molecule has 0 saturated carbocycles. The Morgan fingerprint density at radius 1 is 1.20 bits per heavy atom. The molecular weight excluding hydrogens is 264 g/mol. The average Bonchev–Trinajstić information content (AvgIpc) is 2.45. The lowest BCUT2D eigenvalue weighted by molar-refractivity contribution is -0.147. The van der Waals surface area contributed by atoms with Crippen molar-refractivity contribution in [2.45, 2.75) is 13.0 Å². The third-order valence-corrected chi connectivity index (χ3v) is 3.59. The molecule has 2 aliphatic rings. The number of hydrogen-bond acceptors (Lipinski definition) is 6. The topological polar surface area (TPSA) is 110 Å². The van der Waals surface area contributed by atoms with Crippen LogP contribution in [0.5, 0.6) is 0 Å². The Bertz CT molecular complexity index is 719. The Kier molecular flexibility index (Phi) is 2.50. The van der Waals surface area contributed by atoms with Gasteiger partial charge in [-0.15, -0.1) is 5.06 Å². The molecule has 1 unspecified atom stereocenters. The molecule has 1 aliphatic heterocycles. The van der Waals surface area contributed by atoms with Crippen LogP contribution in [-0.2, 0) is 4.79 Å². The van der Waals surface area contributed by atoms with E-state index in [1.165, 1.54) is 25.1 Å². The number of hydrogen-bond donors (Lipinski definition) is 3. The van der Waals surface area contributed by atoms with Crippen LogP contribution in [0.1, 0.15) is 28.4 Å². The largest absolute Gasteiger partial charge is 0.411 e. The second-order valence-electron chi connectivity index (χ2n) is 4.60. The van der Waals surface area contributed by atoms with Crippen LogP contribution in [0.3, 0.4) is 0 Å². The highest BCUT2D eigenvalue weighted by atomic mass is 16.5. The molecule has 3 N–H and O–H groups in total. The van der Waals surface area contributed by atoms with Crippen LogP contribution in [0, 0.1) is 0 Å². The predicted octanol–water partition coefficient (Wildman–Crippen LogP) is 0.385. The molecule has 1 aliphatic carbocycles. The van der Waals surface area contributed by atoms with E-state index >= 15 is 0 Å². The number of amides is 2. The Morgan fingerprint density at radius 3 is 2.50 bits per heavy atom. The van der Waals surface area contributed by atoms with Crippen LogP contribution in [0.15, 0.2) is 28.9 Å². The van der Waals surface area contributed by atoms with Crippen molar-refractivity contribution >= 4 is 23.1 Å². The normalized spacial score (nSPS) is 23.4. The van der Waals surface area contributed by atoms with Crippen LogP contribution < -0.4 is 0 Å². The van der Waals surface area contributed by atoms with Crippen molar-refractivity contribution in [3.63, 3.8) is 0 Å². The first-order chi connectivity index (χ1) is 9.49. The summed E-state index contributed by atoms with van der Waals surface area (Å²) in [6.07, 6.45) is -1.27. The molecule has 20 heavy (non-hydrogen) atoms. The third-order valence-electron chi connectivity index (χ3n) is 3.59. The quantitative estimate of drug-likeness (QED) is 0.274. The zero-order chi connectivity index (χ0) is 14.6. The zero-order valence-corrected chi connectivity index (χ0v) is 10.4. The number of rotatable bonds is 0. The van der Waals surface area contributed by atoms with Gasteiger partial charge in [0.05, 0.1) is 11.1 Å². The summed E-state index contributed by atoms with van der Waals surface area (Å²) in [5, 5.41) is 31.8. The van der Waals surface area contributed by atoms with Crippen LogP contribution >= 0.6 is 0 Å². The molecule has 1 heterocycles. The number of carbonyl (C=O) groups excluding carboxylic acids is 2. The van der Waals surface area contributed by atoms with Crippen molar-refractivity contribution < 1.29 is 25.1 Å². The monoisotopic (exact) mass is 274 g/mol. The first kappa shape index (κ1) is 12.5. The van der Waals surface area contributed by atoms with E-state index in [2.05, 4.69) is 5.16 Å². The molecule has 1 aromatic carbocycles. The Balaban J connectivity index is 2.46. The summed E-state index contributed by atoms with van der Waals surface area (Å²) in [5.74, 6) is -1.75. The van der Waals surface area contributed by atoms with Gasteiger partial charge in [0.25, 0.3) is 11.8 Å². The second kappa shape index (κ2) is 3.99. The Morgan fingerprint density at radius 2 is 1.85 bits per heavy atom. The number of benzene rings is 1. The van der Waals surface area contributed by atoms with Crippen LogP contribution in [0.4, 0.5) is 0 Å². The maximum Gasteiger partial charge on any atom is 0.285 e. The van der Waals surface area contributed by atoms with E-state index in [1.807, 2.05) is 0 Å². The molecule has 0 aromatic heterocycles. The lowest BCUT2D eigenvalue weighted by atomic mass is 9.78. The lowest BCUT2D eigenvalue weighted by Gasteiger charge is -2.32. The van der Waals surface area contributed by atoms with E-state index in [-0.39, 0.29) is 33.0 Å². The summed E-state index contributed by atoms with van der Waals surface area (Å²) < 4.78 is 0. The maximum atomic E-state index is 12.1. The molecule has 1 aromatic rings. The smallest absolute Gasteiger partial charge is 0.285 e. The molecule has 7 nitrogen and oxygen atoms in total. The van der Waals surface area contributed by atoms with Gasteiger partial charge >= 0.3 is 0 Å². The van der Waals surface area contributed by atoms with Crippen LogP contribution in [0.25, 0.3) is 5.57 Å². The number of nitrogens with zero attached hydrogens (tertiary/aromatic N) is 2. The molecule has 0 spiro atoms. The molecular formula is C13H10N2O5. The average molecular weight is 274 g/mol. The van der Waals surface area contributed by atoms with Gasteiger partial charge < -0.3 is 10.3 Å². The number of aliphatic hydroxyl groups is 1. The highest BCUT2D eigenvalue weighted by molar-refractivity contribution is 6.35. The summed E-state index contributed by atoms with van der Waals surface area (Å²) in [7, 11) is 0. The molecule has 1 atom stereocenters. The summed E-state index contributed by atoms with van der Waals surface area (Å²) in [5.41, 5.74) is 0.935. The van der Waals surface area contributed by atoms with Crippen molar-refractivity contribution in [1.82, 2.24) is 5.06 Å². The van der Waals surface area contributed by atoms with E-state index in [4.69, 9.17) is 5.21 Å². The van der Waals surface area contributed by atoms with Crippen molar-refractivity contribution in [3.8, 4) is 0 Å². The molecule has 0 bridgehead atoms. The minimum Gasteiger partial charge on any atom is -0.411 e. The molecule has 3 rings (SSSR count). The summed E-state index contributed by atoms with van der Waals surface area (Å²) >= 11 is 0. The SMILES string of the molecule is CC1=C2C(=O)N(O)C(=O)c3cccc(c32)C(=NO)C1O. The van der Waals surface area contributed by atoms with Gasteiger partial charge in [-0.05, 0) is 18.6 Å². The van der Waals surface area contributed by atoms with Gasteiger partial charge in [0.2, 0.25) is 0 Å². The van der Waals surface area contributed by atoms with E-state index in [0.717, 1.165) is 0 Å². The fourth-order valence-corrected chi connectivity index (χ4v) is 2.60. The zero-order valence-electron chi connectivity index (χ0n) is 10.4. The Hall–Kier alpha value is -2.51. The first-order valence-corrected chi connectivity index (χ1v) is 5.81. The Labute approximate surface area is 113 Å². The van der Waals surface area contributed by atoms with E-state index < -0.39 is 17.9 Å². The van der Waals surface area contributed by atoms with Crippen molar-refractivity contribution in [2.75, 3.05) is 0 Å². The predicted molar refractivity (Wildman–Crippen MR) is 66.3 cm³/mol. The second-order valence-corrected chi connectivity index (χ2v) is 4.60. The fraction of sp³-hybridized carbons (Fsp3) is 0.154. The first-order valence-electron chi connectivity index (χ1n) is 5.81. The van der Waals surface area contributed by atoms with Gasteiger partial charge in [-0.3, -0.25) is 14.8 Å². The number of aliphatic hydroxyl groups excluding tert-OH is 1. The van der Waals surface area contributed by atoms with Crippen molar-refractivity contribution in [3.05, 3.63) is 40.5 Å². The molecule has 7 heteroatoms. The van der Waals surface area contributed by atoms with Crippen LogP contribution in [-0.4, -0.2) is 44.2 Å². The highest BCUT2D eigenvalue weighted by Crippen LogP contribution is 2.38. The third kappa shape index (κ3) is 1.33. The van der Waals surface area contributed by atoms with E-state index in [9.17, 15) is 19.9 Å². The number of oxime groups is 1. The highest BCUT2D eigenvalue weighted by Gasteiger charge is 2.42. The number of carbonyl (C=O) groups is 2. The van der Waals surface area contributed by atoms with Gasteiger partial charge in [0.15, 0.2) is 0 Å². The van der Waals surface area contributed by atoms with Gasteiger partial charge in [-0.25, -0.2) is 0 Å². The fourth-order valence-electron chi connectivity index (χ4n) is 2.60. The summed E-state index contributed by atoms with van der Waals surface area (Å²) in [6.45, 7) is 1.48. The standard InChI is InChI=1S/C13H10N2O5/c1-5-8-9-6(10(14-19)11(5)16)3-2-4-7(9)12(17)15(20)13(8)18/h2-4,11,16,19-20H,1H3. The molecule has 0 radical (unpaired) electrons. The minimum absolute atomic E-state index is 0.0265. The number of imide groups is 1. The molecule has 2 amide bonds. The van der Waals surface area contributed by atoms with Crippen LogP contribution in [0.2, 0.25) is 0 Å². The summed E-state index contributed by atoms with van der Waals surface area (Å²) in [4.78, 5) is 24.0.